The van der Waals surface area contributed by atoms with Gasteiger partial charge in [0.2, 0.25) is 0 Å². The number of hydrogen-bond donors (Lipinski definition) is 0. The van der Waals surface area contributed by atoms with Gasteiger partial charge in [-0.1, -0.05) is 30.3 Å². The van der Waals surface area contributed by atoms with Crippen LogP contribution in [0.3, 0.4) is 0 Å². The van der Waals surface area contributed by atoms with Crippen LogP contribution in [-0.4, -0.2) is 43.0 Å². The summed E-state index contributed by atoms with van der Waals surface area (Å²) in [6.45, 7) is 7.15. The molecule has 2 rings (SSSR count). The van der Waals surface area contributed by atoms with E-state index in [0.717, 1.165) is 5.92 Å². The minimum Gasteiger partial charge on any atom is -0.306 e. The average molecular weight is 246 g/mol. The van der Waals surface area contributed by atoms with E-state index in [1.165, 1.54) is 25.1 Å². The van der Waals surface area contributed by atoms with Crippen LogP contribution in [0.1, 0.15) is 31.9 Å². The van der Waals surface area contributed by atoms with Gasteiger partial charge in [0, 0.05) is 18.6 Å². The first kappa shape index (κ1) is 13.6. The van der Waals surface area contributed by atoms with Crippen molar-refractivity contribution < 1.29 is 0 Å². The van der Waals surface area contributed by atoms with Crippen molar-refractivity contribution in [1.29, 1.82) is 0 Å². The molecule has 0 N–H and O–H groups in total. The summed E-state index contributed by atoms with van der Waals surface area (Å²) in [5.41, 5.74) is 1.44. The highest BCUT2D eigenvalue weighted by molar-refractivity contribution is 5.18. The third-order valence-electron chi connectivity index (χ3n) is 4.58. The van der Waals surface area contributed by atoms with Crippen molar-refractivity contribution in [3.8, 4) is 0 Å². The second-order valence-electron chi connectivity index (χ2n) is 5.83. The molecule has 100 valence electrons. The van der Waals surface area contributed by atoms with Gasteiger partial charge in [0.15, 0.2) is 0 Å². The second kappa shape index (κ2) is 5.85. The number of hydrogen-bond acceptors (Lipinski definition) is 2. The van der Waals surface area contributed by atoms with Crippen molar-refractivity contribution in [3.05, 3.63) is 35.9 Å². The Hall–Kier alpha value is -0.860. The maximum Gasteiger partial charge on any atom is 0.0320 e. The minimum absolute atomic E-state index is 0.547. The average Bonchev–Trinajstić information content (AvgIpc) is 2.87. The van der Waals surface area contributed by atoms with E-state index in [9.17, 15) is 0 Å². The van der Waals surface area contributed by atoms with Gasteiger partial charge in [-0.25, -0.2) is 0 Å². The van der Waals surface area contributed by atoms with Gasteiger partial charge in [0.25, 0.3) is 0 Å². The summed E-state index contributed by atoms with van der Waals surface area (Å²) in [6, 6.07) is 12.1. The van der Waals surface area contributed by atoms with E-state index in [-0.39, 0.29) is 0 Å². The van der Waals surface area contributed by atoms with E-state index in [1.807, 2.05) is 0 Å². The molecule has 2 nitrogen and oxygen atoms in total. The summed E-state index contributed by atoms with van der Waals surface area (Å²) in [5.74, 6) is 0.811. The van der Waals surface area contributed by atoms with Crippen molar-refractivity contribution in [3.63, 3.8) is 0 Å². The quantitative estimate of drug-likeness (QED) is 0.806. The van der Waals surface area contributed by atoms with Crippen molar-refractivity contribution in [2.45, 2.75) is 32.4 Å². The topological polar surface area (TPSA) is 6.48 Å². The molecule has 3 atom stereocenters. The van der Waals surface area contributed by atoms with E-state index >= 15 is 0 Å². The molecule has 0 amide bonds. The van der Waals surface area contributed by atoms with Crippen LogP contribution in [-0.2, 0) is 0 Å². The summed E-state index contributed by atoms with van der Waals surface area (Å²) in [6.07, 6.45) is 1.33. The fourth-order valence-corrected chi connectivity index (χ4v) is 2.92. The molecule has 18 heavy (non-hydrogen) atoms. The van der Waals surface area contributed by atoms with Crippen molar-refractivity contribution in [2.75, 3.05) is 27.2 Å². The third kappa shape index (κ3) is 2.93. The molecule has 0 saturated carbocycles. The SMILES string of the molecule is C[C@@H]([C@@H]1CCN([C@@H](C)c2ccccc2)C1)N(C)C. The van der Waals surface area contributed by atoms with E-state index in [0.29, 0.717) is 12.1 Å². The molecule has 0 aromatic heterocycles. The van der Waals surface area contributed by atoms with Gasteiger partial charge in [-0.3, -0.25) is 4.90 Å². The Labute approximate surface area is 112 Å². The molecular formula is C16H26N2. The smallest absolute Gasteiger partial charge is 0.0320 e. The highest BCUT2D eigenvalue weighted by atomic mass is 15.2. The van der Waals surface area contributed by atoms with Crippen molar-refractivity contribution in [2.24, 2.45) is 5.92 Å². The Kier molecular flexibility index (Phi) is 4.41. The van der Waals surface area contributed by atoms with E-state index < -0.39 is 0 Å². The van der Waals surface area contributed by atoms with Gasteiger partial charge in [0.1, 0.15) is 0 Å². The van der Waals surface area contributed by atoms with E-state index in [1.54, 1.807) is 0 Å². The summed E-state index contributed by atoms with van der Waals surface area (Å²) < 4.78 is 0. The van der Waals surface area contributed by atoms with E-state index in [2.05, 4.69) is 68.1 Å². The first-order valence-corrected chi connectivity index (χ1v) is 7.05. The molecule has 0 unspecified atom stereocenters. The normalized spacial score (nSPS) is 24.4. The van der Waals surface area contributed by atoms with Crippen LogP contribution in [0, 0.1) is 5.92 Å². The standard InChI is InChI=1S/C16H26N2/c1-13(17(3)4)16-10-11-18(12-16)14(2)15-8-6-5-7-9-15/h5-9,13-14,16H,10-12H2,1-4H3/t13-,14-,16+/m0/s1. The van der Waals surface area contributed by atoms with Crippen LogP contribution >= 0.6 is 0 Å². The van der Waals surface area contributed by atoms with Crippen LogP contribution < -0.4 is 0 Å². The number of benzene rings is 1. The predicted octanol–water partition coefficient (Wildman–Crippen LogP) is 3.02. The molecule has 0 aliphatic carbocycles. The van der Waals surface area contributed by atoms with Crippen LogP contribution in [0.2, 0.25) is 0 Å². The van der Waals surface area contributed by atoms with Crippen molar-refractivity contribution in [1.82, 2.24) is 9.80 Å². The van der Waals surface area contributed by atoms with Crippen LogP contribution in [0.5, 0.6) is 0 Å². The highest BCUT2D eigenvalue weighted by Crippen LogP contribution is 2.29. The van der Waals surface area contributed by atoms with Crippen LogP contribution in [0.25, 0.3) is 0 Å². The van der Waals surface area contributed by atoms with Gasteiger partial charge >= 0.3 is 0 Å². The maximum atomic E-state index is 2.62. The molecule has 1 saturated heterocycles. The number of rotatable bonds is 4. The monoisotopic (exact) mass is 246 g/mol. The Morgan fingerprint density at radius 2 is 1.83 bits per heavy atom. The Morgan fingerprint density at radius 3 is 2.44 bits per heavy atom. The van der Waals surface area contributed by atoms with E-state index in [4.69, 9.17) is 0 Å². The molecule has 1 aromatic carbocycles. The molecule has 0 bridgehead atoms. The Bertz CT molecular complexity index is 361. The lowest BCUT2D eigenvalue weighted by Gasteiger charge is -2.28. The summed E-state index contributed by atoms with van der Waals surface area (Å²) >= 11 is 0. The second-order valence-corrected chi connectivity index (χ2v) is 5.83. The molecule has 1 aliphatic rings. The first-order chi connectivity index (χ1) is 8.59. The largest absolute Gasteiger partial charge is 0.306 e. The highest BCUT2D eigenvalue weighted by Gasteiger charge is 2.30. The molecule has 1 heterocycles. The van der Waals surface area contributed by atoms with Gasteiger partial charge in [0.05, 0.1) is 0 Å². The Morgan fingerprint density at radius 1 is 1.17 bits per heavy atom. The van der Waals surface area contributed by atoms with Crippen LogP contribution in [0.15, 0.2) is 30.3 Å². The zero-order chi connectivity index (χ0) is 13.1. The zero-order valence-corrected chi connectivity index (χ0v) is 12.1. The molecular weight excluding hydrogens is 220 g/mol. The molecule has 1 aromatic rings. The lowest BCUT2D eigenvalue weighted by atomic mass is 10.00. The summed E-state index contributed by atoms with van der Waals surface area (Å²) in [7, 11) is 4.38. The Balaban J connectivity index is 1.97. The van der Waals surface area contributed by atoms with Gasteiger partial charge in [-0.15, -0.1) is 0 Å². The fourth-order valence-electron chi connectivity index (χ4n) is 2.92. The minimum atomic E-state index is 0.547. The lowest BCUT2D eigenvalue weighted by molar-refractivity contribution is 0.202. The summed E-state index contributed by atoms with van der Waals surface area (Å²) in [5, 5.41) is 0. The van der Waals surface area contributed by atoms with Gasteiger partial charge in [-0.05, 0) is 52.4 Å². The molecule has 2 heteroatoms. The lowest BCUT2D eigenvalue weighted by Crippen LogP contribution is -2.34. The molecule has 1 fully saturated rings. The van der Waals surface area contributed by atoms with Crippen LogP contribution in [0.4, 0.5) is 0 Å². The predicted molar refractivity (Wildman–Crippen MR) is 77.7 cm³/mol. The molecule has 0 radical (unpaired) electrons. The first-order valence-electron chi connectivity index (χ1n) is 7.05. The molecule has 1 aliphatic heterocycles. The summed E-state index contributed by atoms with van der Waals surface area (Å²) in [4.78, 5) is 4.97. The zero-order valence-electron chi connectivity index (χ0n) is 12.1. The molecule has 0 spiro atoms. The third-order valence-corrected chi connectivity index (χ3v) is 4.58. The number of nitrogens with zero attached hydrogens (tertiary/aromatic N) is 2. The number of likely N-dealkylation sites (tertiary alicyclic amines) is 1. The van der Waals surface area contributed by atoms with Gasteiger partial charge < -0.3 is 4.90 Å². The van der Waals surface area contributed by atoms with Gasteiger partial charge in [-0.2, -0.15) is 0 Å². The van der Waals surface area contributed by atoms with Crippen molar-refractivity contribution >= 4 is 0 Å². The fraction of sp³-hybridized carbons (Fsp3) is 0.625. The maximum absolute atomic E-state index is 2.62.